The van der Waals surface area contributed by atoms with Gasteiger partial charge < -0.3 is 19.5 Å². The first-order chi connectivity index (χ1) is 13.1. The van der Waals surface area contributed by atoms with Crippen molar-refractivity contribution in [3.8, 4) is 5.75 Å². The molecular formula is C17H16F3N5O3. The van der Waals surface area contributed by atoms with E-state index in [1.165, 1.54) is 11.8 Å². The van der Waals surface area contributed by atoms with Crippen molar-refractivity contribution in [2.75, 3.05) is 11.9 Å². The zero-order chi connectivity index (χ0) is 20.3. The molecular weight excluding hydrogens is 379 g/mol. The zero-order valence-electron chi connectivity index (χ0n) is 15.0. The molecule has 2 aromatic rings. The molecule has 0 aliphatic carbocycles. The molecule has 1 aromatic heterocycles. The maximum Gasteiger partial charge on any atom is 0.451 e. The average molecular weight is 395 g/mol. The van der Waals surface area contributed by atoms with Gasteiger partial charge in [-0.2, -0.15) is 13.2 Å². The van der Waals surface area contributed by atoms with Crippen LogP contribution < -0.4 is 10.1 Å². The number of hydrogen-bond acceptors (Lipinski definition) is 5. The van der Waals surface area contributed by atoms with Crippen LogP contribution in [-0.4, -0.2) is 43.6 Å². The number of carbonyl (C=O) groups excluding carboxylic acids is 2. The van der Waals surface area contributed by atoms with E-state index in [1.54, 1.807) is 18.2 Å². The van der Waals surface area contributed by atoms with Gasteiger partial charge in [-0.05, 0) is 31.5 Å². The van der Waals surface area contributed by atoms with Gasteiger partial charge in [0, 0.05) is 13.1 Å². The summed E-state index contributed by atoms with van der Waals surface area (Å²) in [6.45, 7) is 2.84. The first-order valence-corrected chi connectivity index (χ1v) is 8.49. The van der Waals surface area contributed by atoms with Gasteiger partial charge in [-0.3, -0.25) is 9.59 Å². The van der Waals surface area contributed by atoms with Crippen molar-refractivity contribution in [1.29, 1.82) is 0 Å². The number of alkyl halides is 3. The summed E-state index contributed by atoms with van der Waals surface area (Å²) in [7, 11) is 0. The van der Waals surface area contributed by atoms with E-state index >= 15 is 0 Å². The lowest BCUT2D eigenvalue weighted by molar-refractivity contribution is -0.156. The van der Waals surface area contributed by atoms with Gasteiger partial charge in [0.2, 0.25) is 5.82 Å². The van der Waals surface area contributed by atoms with E-state index in [1.807, 2.05) is 6.92 Å². The number of benzene rings is 1. The second kappa shape index (κ2) is 5.94. The van der Waals surface area contributed by atoms with Crippen molar-refractivity contribution in [3.63, 3.8) is 0 Å². The number of aromatic nitrogens is 3. The quantitative estimate of drug-likeness (QED) is 0.743. The minimum Gasteiger partial charge on any atom is -0.466 e. The first-order valence-electron chi connectivity index (χ1n) is 8.49. The fraction of sp³-hybridized carbons (Fsp3) is 0.412. The number of nitrogens with one attached hydrogen (secondary N) is 1. The van der Waals surface area contributed by atoms with Crippen molar-refractivity contribution in [3.05, 3.63) is 35.4 Å². The highest BCUT2D eigenvalue weighted by molar-refractivity contribution is 6.15. The number of hydrogen-bond donors (Lipinski definition) is 1. The Morgan fingerprint density at radius 1 is 1.29 bits per heavy atom. The highest BCUT2D eigenvalue weighted by Crippen LogP contribution is 2.36. The van der Waals surface area contributed by atoms with Gasteiger partial charge in [0.25, 0.3) is 17.4 Å². The lowest BCUT2D eigenvalue weighted by atomic mass is 10.00. The van der Waals surface area contributed by atoms with Crippen LogP contribution in [0.4, 0.5) is 18.9 Å². The Hall–Kier alpha value is -3.11. The molecule has 11 heteroatoms. The number of anilines is 1. The van der Waals surface area contributed by atoms with Crippen molar-refractivity contribution in [2.24, 2.45) is 0 Å². The average Bonchev–Trinajstić information content (AvgIpc) is 3.06. The highest BCUT2D eigenvalue weighted by atomic mass is 19.4. The van der Waals surface area contributed by atoms with Crippen molar-refractivity contribution >= 4 is 17.5 Å². The highest BCUT2D eigenvalue weighted by Gasteiger charge is 2.50. The molecule has 1 N–H and O–H groups in total. The molecule has 0 saturated carbocycles. The van der Waals surface area contributed by atoms with Crippen LogP contribution in [0.3, 0.4) is 0 Å². The fourth-order valence-corrected chi connectivity index (χ4v) is 3.32. The first kappa shape index (κ1) is 18.3. The van der Waals surface area contributed by atoms with Crippen molar-refractivity contribution < 1.29 is 27.5 Å². The van der Waals surface area contributed by atoms with Gasteiger partial charge in [-0.25, -0.2) is 0 Å². The predicted octanol–water partition coefficient (Wildman–Crippen LogP) is 1.74. The third-order valence-corrected chi connectivity index (χ3v) is 4.83. The lowest BCUT2D eigenvalue weighted by Crippen LogP contribution is -2.60. The number of halogens is 3. The number of fused-ring (bicyclic) bond motifs is 2. The number of aryl methyl sites for hydroxylation is 1. The third-order valence-electron chi connectivity index (χ3n) is 4.83. The molecule has 1 unspecified atom stereocenters. The Morgan fingerprint density at radius 3 is 2.75 bits per heavy atom. The van der Waals surface area contributed by atoms with Crippen LogP contribution in [0.25, 0.3) is 0 Å². The lowest BCUT2D eigenvalue weighted by Gasteiger charge is -2.38. The minimum atomic E-state index is -4.63. The van der Waals surface area contributed by atoms with Crippen LogP contribution in [0.15, 0.2) is 18.2 Å². The standard InChI is InChI=1S/C17H16F3N5O3/c1-9-3-4-11-10(7-9)21-14(26)16(2,28-11)15(27)24-5-6-25-12(8-24)22-23-13(25)17(18,19)20/h3-4,7H,5-6,8H2,1-2H3,(H,21,26). The fourth-order valence-electron chi connectivity index (χ4n) is 3.32. The number of rotatable bonds is 1. The maximum atomic E-state index is 13.0. The molecule has 1 aromatic carbocycles. The van der Waals surface area contributed by atoms with Crippen LogP contribution in [0.2, 0.25) is 0 Å². The van der Waals surface area contributed by atoms with E-state index in [9.17, 15) is 22.8 Å². The molecule has 0 fully saturated rings. The molecule has 0 saturated heterocycles. The minimum absolute atomic E-state index is 0.00256. The molecule has 0 bridgehead atoms. The van der Waals surface area contributed by atoms with Gasteiger partial charge in [0.05, 0.1) is 12.2 Å². The molecule has 28 heavy (non-hydrogen) atoms. The number of ether oxygens (including phenoxy) is 1. The number of nitrogens with zero attached hydrogens (tertiary/aromatic N) is 4. The molecule has 148 valence electrons. The number of carbonyl (C=O) groups is 2. The van der Waals surface area contributed by atoms with Gasteiger partial charge in [0.1, 0.15) is 5.75 Å². The summed E-state index contributed by atoms with van der Waals surface area (Å²) in [4.78, 5) is 26.9. The molecule has 0 spiro atoms. The molecule has 1 atom stereocenters. The molecule has 2 aliphatic rings. The summed E-state index contributed by atoms with van der Waals surface area (Å²) in [5.74, 6) is -2.04. The van der Waals surface area contributed by atoms with Crippen LogP contribution >= 0.6 is 0 Å². The molecule has 2 aliphatic heterocycles. The van der Waals surface area contributed by atoms with Gasteiger partial charge in [-0.15, -0.1) is 10.2 Å². The maximum absolute atomic E-state index is 13.0. The summed E-state index contributed by atoms with van der Waals surface area (Å²) in [5, 5.41) is 9.39. The summed E-state index contributed by atoms with van der Waals surface area (Å²) in [6, 6.07) is 5.15. The second-order valence-corrected chi connectivity index (χ2v) is 6.90. The van der Waals surface area contributed by atoms with Crippen LogP contribution in [-0.2, 0) is 28.9 Å². The molecule has 4 rings (SSSR count). The van der Waals surface area contributed by atoms with E-state index in [4.69, 9.17) is 4.74 Å². The monoisotopic (exact) mass is 395 g/mol. The Kier molecular flexibility index (Phi) is 3.88. The van der Waals surface area contributed by atoms with Crippen molar-refractivity contribution in [2.45, 2.75) is 38.7 Å². The Bertz CT molecular complexity index is 987. The third kappa shape index (κ3) is 2.77. The summed E-state index contributed by atoms with van der Waals surface area (Å²) in [6.07, 6.45) is -4.63. The number of amides is 2. The van der Waals surface area contributed by atoms with Crippen LogP contribution in [0.1, 0.15) is 24.1 Å². The van der Waals surface area contributed by atoms with Gasteiger partial charge >= 0.3 is 6.18 Å². The SMILES string of the molecule is Cc1ccc2c(c1)NC(=O)C(C)(C(=O)N1CCn3c(nnc3C(F)(F)F)C1)O2. The Labute approximate surface area is 157 Å². The van der Waals surface area contributed by atoms with Crippen LogP contribution in [0.5, 0.6) is 5.75 Å². The van der Waals surface area contributed by atoms with E-state index < -0.39 is 29.4 Å². The Balaban J connectivity index is 1.59. The topological polar surface area (TPSA) is 89.4 Å². The smallest absolute Gasteiger partial charge is 0.451 e. The van der Waals surface area contributed by atoms with Gasteiger partial charge in [0.15, 0.2) is 5.82 Å². The zero-order valence-corrected chi connectivity index (χ0v) is 15.0. The van der Waals surface area contributed by atoms with Crippen LogP contribution in [0, 0.1) is 6.92 Å². The summed E-state index contributed by atoms with van der Waals surface area (Å²) < 4.78 is 45.5. The summed E-state index contributed by atoms with van der Waals surface area (Å²) >= 11 is 0. The van der Waals surface area contributed by atoms with Gasteiger partial charge in [-0.1, -0.05) is 6.07 Å². The predicted molar refractivity (Wildman–Crippen MR) is 89.3 cm³/mol. The van der Waals surface area contributed by atoms with E-state index in [0.717, 1.165) is 10.1 Å². The Morgan fingerprint density at radius 2 is 2.04 bits per heavy atom. The molecule has 8 nitrogen and oxygen atoms in total. The largest absolute Gasteiger partial charge is 0.466 e. The molecule has 2 amide bonds. The van der Waals surface area contributed by atoms with E-state index in [-0.39, 0.29) is 25.5 Å². The van der Waals surface area contributed by atoms with Crippen molar-refractivity contribution in [1.82, 2.24) is 19.7 Å². The van der Waals surface area contributed by atoms with E-state index in [2.05, 4.69) is 15.5 Å². The second-order valence-electron chi connectivity index (χ2n) is 6.90. The van der Waals surface area contributed by atoms with E-state index in [0.29, 0.717) is 11.4 Å². The molecule has 3 heterocycles. The molecule has 0 radical (unpaired) electrons. The normalized spacial score (nSPS) is 21.5. The summed E-state index contributed by atoms with van der Waals surface area (Å²) in [5.41, 5.74) is -0.464.